The number of benzene rings is 1. The zero-order valence-electron chi connectivity index (χ0n) is 11.2. The first-order chi connectivity index (χ1) is 9.74. The Bertz CT molecular complexity index is 600. The Labute approximate surface area is 121 Å². The number of thioether (sulfide) groups is 1. The molecule has 1 aromatic carbocycles. The summed E-state index contributed by atoms with van der Waals surface area (Å²) in [6.07, 6.45) is 3.05. The highest BCUT2D eigenvalue weighted by Gasteiger charge is 2.27. The van der Waals surface area contributed by atoms with Gasteiger partial charge < -0.3 is 5.32 Å². The molecule has 1 aliphatic heterocycles. The maximum atomic E-state index is 12.2. The first kappa shape index (κ1) is 13.2. The topological polar surface area (TPSA) is 59.8 Å². The number of rotatable bonds is 4. The van der Waals surface area contributed by atoms with E-state index in [1.165, 1.54) is 16.8 Å². The van der Waals surface area contributed by atoms with E-state index in [9.17, 15) is 4.79 Å². The maximum Gasteiger partial charge on any atom is 0.233 e. The van der Waals surface area contributed by atoms with Gasteiger partial charge >= 0.3 is 0 Å². The number of fused-ring (bicyclic) bond motifs is 1. The Hall–Kier alpha value is -1.82. The third-order valence-corrected chi connectivity index (χ3v) is 4.71. The lowest BCUT2D eigenvalue weighted by molar-refractivity contribution is -0.120. The fourth-order valence-corrected chi connectivity index (χ4v) is 3.51. The largest absolute Gasteiger partial charge is 0.355 e. The van der Waals surface area contributed by atoms with Gasteiger partial charge in [0.05, 0.1) is 5.25 Å². The third-order valence-electron chi connectivity index (χ3n) is 3.39. The minimum Gasteiger partial charge on any atom is -0.355 e. The van der Waals surface area contributed by atoms with Gasteiger partial charge in [0, 0.05) is 24.9 Å². The van der Waals surface area contributed by atoms with Crippen LogP contribution in [0.15, 0.2) is 35.5 Å². The van der Waals surface area contributed by atoms with Crippen molar-refractivity contribution < 1.29 is 4.79 Å². The second-order valence-electron chi connectivity index (χ2n) is 4.76. The summed E-state index contributed by atoms with van der Waals surface area (Å²) in [5.41, 5.74) is 1.27. The quantitative estimate of drug-likeness (QED) is 0.918. The Kier molecular flexibility index (Phi) is 3.73. The average molecular weight is 288 g/mol. The molecule has 0 aliphatic carbocycles. The smallest absolute Gasteiger partial charge is 0.233 e. The molecule has 2 aromatic rings. The van der Waals surface area contributed by atoms with E-state index in [1.54, 1.807) is 16.4 Å². The van der Waals surface area contributed by atoms with Crippen LogP contribution >= 0.6 is 11.8 Å². The lowest BCUT2D eigenvalue weighted by Crippen LogP contribution is -2.34. The molecule has 0 saturated heterocycles. The van der Waals surface area contributed by atoms with E-state index in [0.717, 1.165) is 12.2 Å². The Balaban J connectivity index is 1.50. The molecule has 104 valence electrons. The highest BCUT2D eigenvalue weighted by molar-refractivity contribution is 8.01. The summed E-state index contributed by atoms with van der Waals surface area (Å²) in [7, 11) is 1.85. The summed E-state index contributed by atoms with van der Waals surface area (Å²) in [6, 6.07) is 8.20. The summed E-state index contributed by atoms with van der Waals surface area (Å²) in [4.78, 5) is 17.5. The molecule has 0 radical (unpaired) electrons. The third kappa shape index (κ3) is 2.70. The molecule has 2 heterocycles. The number of amides is 1. The maximum absolute atomic E-state index is 12.2. The van der Waals surface area contributed by atoms with Gasteiger partial charge in [0.2, 0.25) is 5.91 Å². The van der Waals surface area contributed by atoms with Crippen molar-refractivity contribution in [1.82, 2.24) is 20.1 Å². The molecule has 0 bridgehead atoms. The van der Waals surface area contributed by atoms with Crippen LogP contribution in [0.1, 0.15) is 11.4 Å². The minimum absolute atomic E-state index is 0.00750. The molecule has 0 spiro atoms. The van der Waals surface area contributed by atoms with Crippen molar-refractivity contribution in [3.63, 3.8) is 0 Å². The molecule has 1 unspecified atom stereocenters. The van der Waals surface area contributed by atoms with Crippen molar-refractivity contribution in [3.8, 4) is 0 Å². The number of nitrogens with zero attached hydrogens (tertiary/aromatic N) is 3. The van der Waals surface area contributed by atoms with Crippen molar-refractivity contribution in [2.45, 2.75) is 23.0 Å². The van der Waals surface area contributed by atoms with Crippen molar-refractivity contribution in [2.24, 2.45) is 7.05 Å². The molecule has 1 amide bonds. The van der Waals surface area contributed by atoms with E-state index in [1.807, 2.05) is 19.2 Å². The van der Waals surface area contributed by atoms with E-state index < -0.39 is 0 Å². The molecule has 0 fully saturated rings. The predicted molar refractivity (Wildman–Crippen MR) is 77.5 cm³/mol. The second kappa shape index (κ2) is 5.66. The number of aromatic nitrogens is 3. The zero-order chi connectivity index (χ0) is 13.9. The summed E-state index contributed by atoms with van der Waals surface area (Å²) in [6.45, 7) is 0.596. The fourth-order valence-electron chi connectivity index (χ4n) is 2.29. The molecule has 1 N–H and O–H groups in total. The average Bonchev–Trinajstić information content (AvgIpc) is 3.05. The van der Waals surface area contributed by atoms with Crippen molar-refractivity contribution >= 4 is 17.7 Å². The minimum atomic E-state index is -0.00750. The molecule has 1 aromatic heterocycles. The molecule has 1 atom stereocenters. The number of nitrogens with one attached hydrogen (secondary N) is 1. The zero-order valence-corrected chi connectivity index (χ0v) is 12.1. The van der Waals surface area contributed by atoms with Crippen LogP contribution in [0, 0.1) is 0 Å². The molecule has 1 aliphatic rings. The van der Waals surface area contributed by atoms with Crippen LogP contribution in [-0.4, -0.2) is 32.5 Å². The SMILES string of the molecule is Cn1ncnc1CCNC(=O)C1Cc2ccccc2S1. The van der Waals surface area contributed by atoms with E-state index in [4.69, 9.17) is 0 Å². The summed E-state index contributed by atoms with van der Waals surface area (Å²) < 4.78 is 1.73. The van der Waals surface area contributed by atoms with E-state index in [0.29, 0.717) is 13.0 Å². The van der Waals surface area contributed by atoms with E-state index >= 15 is 0 Å². The van der Waals surface area contributed by atoms with Crippen molar-refractivity contribution in [2.75, 3.05) is 6.54 Å². The lowest BCUT2D eigenvalue weighted by Gasteiger charge is -2.09. The molecular formula is C14H16N4OS. The van der Waals surface area contributed by atoms with Gasteiger partial charge in [0.15, 0.2) is 0 Å². The molecule has 20 heavy (non-hydrogen) atoms. The van der Waals surface area contributed by atoms with E-state index in [-0.39, 0.29) is 11.2 Å². The normalized spacial score (nSPS) is 16.9. The van der Waals surface area contributed by atoms with Gasteiger partial charge in [-0.3, -0.25) is 9.48 Å². The van der Waals surface area contributed by atoms with Crippen LogP contribution in [0.4, 0.5) is 0 Å². The fraction of sp³-hybridized carbons (Fsp3) is 0.357. The van der Waals surface area contributed by atoms with Gasteiger partial charge in [-0.05, 0) is 18.1 Å². The monoisotopic (exact) mass is 288 g/mol. The van der Waals surface area contributed by atoms with Crippen LogP contribution in [0.25, 0.3) is 0 Å². The highest BCUT2D eigenvalue weighted by Crippen LogP contribution is 2.36. The Morgan fingerprint density at radius 3 is 3.10 bits per heavy atom. The lowest BCUT2D eigenvalue weighted by atomic mass is 10.1. The number of hydrogen-bond donors (Lipinski definition) is 1. The van der Waals surface area contributed by atoms with E-state index in [2.05, 4.69) is 27.5 Å². The van der Waals surface area contributed by atoms with Gasteiger partial charge in [0.1, 0.15) is 12.2 Å². The Morgan fingerprint density at radius 1 is 1.50 bits per heavy atom. The molecule has 5 nitrogen and oxygen atoms in total. The standard InChI is InChI=1S/C14H16N4OS/c1-18-13(16-9-17-18)6-7-15-14(19)12-8-10-4-2-3-5-11(10)20-12/h2-5,9,12H,6-8H2,1H3,(H,15,19). The van der Waals surface area contributed by atoms with Gasteiger partial charge in [0.25, 0.3) is 0 Å². The van der Waals surface area contributed by atoms with Gasteiger partial charge in [-0.15, -0.1) is 11.8 Å². The van der Waals surface area contributed by atoms with Crippen LogP contribution in [0.3, 0.4) is 0 Å². The number of hydrogen-bond acceptors (Lipinski definition) is 4. The first-order valence-corrected chi connectivity index (χ1v) is 7.47. The number of carbonyl (C=O) groups is 1. The summed E-state index contributed by atoms with van der Waals surface area (Å²) >= 11 is 1.65. The highest BCUT2D eigenvalue weighted by atomic mass is 32.2. The number of aryl methyl sites for hydroxylation is 1. The Morgan fingerprint density at radius 2 is 2.35 bits per heavy atom. The van der Waals surface area contributed by atoms with Gasteiger partial charge in [-0.2, -0.15) is 5.10 Å². The van der Waals surface area contributed by atoms with Crippen LogP contribution in [-0.2, 0) is 24.7 Å². The van der Waals surface area contributed by atoms with Crippen LogP contribution < -0.4 is 5.32 Å². The van der Waals surface area contributed by atoms with Gasteiger partial charge in [-0.25, -0.2) is 4.98 Å². The van der Waals surface area contributed by atoms with Crippen LogP contribution in [0.5, 0.6) is 0 Å². The molecule has 3 rings (SSSR count). The summed E-state index contributed by atoms with van der Waals surface area (Å²) in [5, 5.41) is 6.98. The first-order valence-electron chi connectivity index (χ1n) is 6.59. The predicted octanol–water partition coefficient (Wildman–Crippen LogP) is 1.19. The molecule has 6 heteroatoms. The number of carbonyl (C=O) groups excluding carboxylic acids is 1. The molecule has 0 saturated carbocycles. The van der Waals surface area contributed by atoms with Crippen LogP contribution in [0.2, 0.25) is 0 Å². The van der Waals surface area contributed by atoms with Crippen molar-refractivity contribution in [3.05, 3.63) is 42.0 Å². The summed E-state index contributed by atoms with van der Waals surface area (Å²) in [5.74, 6) is 0.987. The van der Waals surface area contributed by atoms with Crippen molar-refractivity contribution in [1.29, 1.82) is 0 Å². The molecular weight excluding hydrogens is 272 g/mol. The second-order valence-corrected chi connectivity index (χ2v) is 6.00. The van der Waals surface area contributed by atoms with Gasteiger partial charge in [-0.1, -0.05) is 18.2 Å².